The van der Waals surface area contributed by atoms with E-state index < -0.39 is 197 Å². The van der Waals surface area contributed by atoms with E-state index >= 15 is 14.4 Å². The number of aromatic amines is 2. The number of nitrogens with one attached hydrogen (secondary N) is 12. The molecule has 4 aliphatic rings. The summed E-state index contributed by atoms with van der Waals surface area (Å²) < 4.78 is 29.6. The number of benzene rings is 4. The Hall–Kier alpha value is -10.6. The normalized spacial score (nSPS) is 25.4. The molecule has 4 aliphatic heterocycles. The number of halogens is 1. The summed E-state index contributed by atoms with van der Waals surface area (Å²) in [4.78, 5) is 195. The fourth-order valence-corrected chi connectivity index (χ4v) is 20.4. The van der Waals surface area contributed by atoms with Crippen LogP contribution in [0.15, 0.2) is 121 Å². The largest absolute Gasteiger partial charge is 0.508 e. The number of anilines is 1. The van der Waals surface area contributed by atoms with E-state index in [9.17, 15) is 68.4 Å². The molecule has 0 saturated carbocycles. The second-order valence-corrected chi connectivity index (χ2v) is 39.5. The van der Waals surface area contributed by atoms with Gasteiger partial charge in [-0.2, -0.15) is 0 Å². The fourth-order valence-electron chi connectivity index (χ4n) is 15.8. The van der Waals surface area contributed by atoms with Crippen molar-refractivity contribution in [3.8, 4) is 11.5 Å². The Morgan fingerprint density at radius 2 is 1.40 bits per heavy atom. The first kappa shape index (κ1) is 105. The minimum absolute atomic E-state index is 0.00860. The van der Waals surface area contributed by atoms with Crippen LogP contribution in [0.5, 0.6) is 11.5 Å². The van der Waals surface area contributed by atoms with Crippen LogP contribution in [0.4, 0.5) is 10.5 Å². The van der Waals surface area contributed by atoms with E-state index in [1.807, 2.05) is 43.3 Å². The van der Waals surface area contributed by atoms with Crippen LogP contribution < -0.4 is 74.3 Å². The number of hydrogen-bond acceptors (Lipinski definition) is 28. The Morgan fingerprint density at radius 1 is 0.776 bits per heavy atom. The van der Waals surface area contributed by atoms with Gasteiger partial charge in [0.2, 0.25) is 65.0 Å². The van der Waals surface area contributed by atoms with Gasteiger partial charge in [0.05, 0.1) is 43.6 Å². The number of alkyl carbamates (subject to hydrolysis) is 1. The quantitative estimate of drug-likeness (QED) is 0.0125. The number of aliphatic hydroxyl groups is 3. The molecule has 4 bridgehead atoms. The lowest BCUT2D eigenvalue weighted by Gasteiger charge is -2.42. The highest BCUT2D eigenvalue weighted by Gasteiger charge is 2.65. The molecule has 2 unspecified atom stereocenters. The number of carbonyl (C=O) groups excluding carboxylic acids is 13. The molecular formula is C91H121ClN16O22S4. The van der Waals surface area contributed by atoms with Crippen molar-refractivity contribution >= 4 is 159 Å². The number of rotatable bonds is 32. The van der Waals surface area contributed by atoms with Crippen LogP contribution in [0.2, 0.25) is 5.02 Å². The zero-order valence-electron chi connectivity index (χ0n) is 76.1. The average Bonchev–Trinajstić information content (AvgIpc) is 1.55. The number of methoxy groups -OCH3 is 2. The number of carbonyl (C=O) groups is 13. The Morgan fingerprint density at radius 3 is 2.07 bits per heavy atom. The van der Waals surface area contributed by atoms with Gasteiger partial charge in [-0.3, -0.25) is 58.1 Å². The maximum absolute atomic E-state index is 15.1. The van der Waals surface area contributed by atoms with Gasteiger partial charge in [-0.25, -0.2) is 9.59 Å². The van der Waals surface area contributed by atoms with Gasteiger partial charge in [0.1, 0.15) is 88.8 Å². The van der Waals surface area contributed by atoms with Crippen LogP contribution in [0.3, 0.4) is 0 Å². The molecule has 0 aliphatic carbocycles. The van der Waals surface area contributed by atoms with Gasteiger partial charge < -0.3 is 123 Å². The van der Waals surface area contributed by atoms with Gasteiger partial charge in [-0.15, -0.1) is 0 Å². The van der Waals surface area contributed by atoms with Gasteiger partial charge >= 0.3 is 12.1 Å². The molecule has 0 spiro atoms. The molecular weight excluding hydrogens is 1830 g/mol. The van der Waals surface area contributed by atoms with E-state index in [0.717, 1.165) is 43.6 Å². The van der Waals surface area contributed by atoms with Crippen molar-refractivity contribution in [1.29, 1.82) is 0 Å². The molecule has 20 N–H and O–H groups in total. The van der Waals surface area contributed by atoms with Gasteiger partial charge in [-0.1, -0.05) is 134 Å². The maximum Gasteiger partial charge on any atom is 0.409 e. The highest BCUT2D eigenvalue weighted by atomic mass is 35.5. The average molecular weight is 1950 g/mol. The van der Waals surface area contributed by atoms with Gasteiger partial charge in [0, 0.05) is 130 Å². The van der Waals surface area contributed by atoms with Gasteiger partial charge in [0.15, 0.2) is 5.72 Å². The van der Waals surface area contributed by atoms with Crippen LogP contribution >= 0.6 is 54.8 Å². The Balaban J connectivity index is 0.764. The molecule has 38 nitrogen and oxygen atoms in total. The van der Waals surface area contributed by atoms with E-state index in [2.05, 4.69) is 63.1 Å². The van der Waals surface area contributed by atoms with Crippen LogP contribution in [0.1, 0.15) is 109 Å². The van der Waals surface area contributed by atoms with E-state index in [1.165, 1.54) is 105 Å². The molecule has 0 radical (unpaired) electrons. The molecule has 134 heavy (non-hydrogen) atoms. The van der Waals surface area contributed by atoms with Gasteiger partial charge in [0.25, 0.3) is 0 Å². The summed E-state index contributed by atoms with van der Waals surface area (Å²) in [6, 6.07) is 10.2. The Kier molecular flexibility index (Phi) is 38.7. The summed E-state index contributed by atoms with van der Waals surface area (Å²) in [6.07, 6.45) is 0.124. The molecule has 4 aromatic carbocycles. The number of phenolic OH excluding ortho intramolecular Hbond substituents is 1. The van der Waals surface area contributed by atoms with Gasteiger partial charge in [-0.05, 0) is 132 Å². The molecule has 3 saturated heterocycles. The zero-order chi connectivity index (χ0) is 97.4. The minimum Gasteiger partial charge on any atom is -0.508 e. The van der Waals surface area contributed by atoms with Crippen molar-refractivity contribution in [2.45, 2.75) is 214 Å². The summed E-state index contributed by atoms with van der Waals surface area (Å²) in [5, 5.41) is 72.7. The molecule has 6 aromatic rings. The summed E-state index contributed by atoms with van der Waals surface area (Å²) in [7, 11) is 10.2. The van der Waals surface area contributed by atoms with E-state index in [4.69, 9.17) is 46.8 Å². The first-order valence-electron chi connectivity index (χ1n) is 44.0. The number of fused-ring (bicyclic) bond motifs is 7. The monoisotopic (exact) mass is 1950 g/mol. The van der Waals surface area contributed by atoms with Crippen molar-refractivity contribution in [2.75, 3.05) is 75.9 Å². The Labute approximate surface area is 796 Å². The van der Waals surface area contributed by atoms with Crippen molar-refractivity contribution in [2.24, 2.45) is 17.4 Å². The smallest absolute Gasteiger partial charge is 0.409 e. The number of esters is 1. The van der Waals surface area contributed by atoms with Crippen LogP contribution in [-0.2, 0) is 102 Å². The van der Waals surface area contributed by atoms with Crippen LogP contribution in [0.25, 0.3) is 21.8 Å². The SMILES string of the molecule is COc1cc2cc(c1Cl)N(C)C(=O)C[C@H](OC(=O)[C@H](C)N(C)C(=O)CCSSCCC(=O)NCCNC(=O)[C@@H](NC(=O)[C@@H]1CSSC[C@H](NC(=O)[C@H](N)Cc3c[nH]c4ccccc34)C(=O)N[C@@H](Cc3ccc(O)cc3)C(=O)N[C@H](Cc3c[nH]c4ccccc34)C(=O)N[C@@H](CCCCN)C(=O)NC([C@@H](C)O)C(=O)N1)[C@@H](C)O)[C@]1(C)O[C@H]1[C@H](C)[C@@H]1CC(O)(NC(=O)O1)[C@H](OC)/C=C/C=C(\C)C2. The minimum atomic E-state index is -1.93. The predicted octanol–water partition coefficient (Wildman–Crippen LogP) is 3.31. The number of aromatic nitrogens is 2. The number of ether oxygens (including phenoxy) is 5. The third kappa shape index (κ3) is 28.5. The summed E-state index contributed by atoms with van der Waals surface area (Å²) in [5.74, 6) is -10.4. The molecule has 6 heterocycles. The number of unbranched alkanes of at least 4 members (excludes halogenated alkanes) is 1. The van der Waals surface area contributed by atoms with Crippen molar-refractivity contribution < 1.29 is 106 Å². The molecule has 3 fully saturated rings. The van der Waals surface area contributed by atoms with E-state index in [1.54, 1.807) is 68.7 Å². The predicted molar refractivity (Wildman–Crippen MR) is 510 cm³/mol. The number of likely N-dealkylation sites (N-methyl/N-ethyl adjacent to an activating group) is 1. The molecule has 728 valence electrons. The lowest BCUT2D eigenvalue weighted by atomic mass is 9.83. The lowest BCUT2D eigenvalue weighted by molar-refractivity contribution is -0.162. The van der Waals surface area contributed by atoms with Crippen molar-refractivity contribution in [3.63, 3.8) is 0 Å². The van der Waals surface area contributed by atoms with Crippen LogP contribution in [-0.4, -0.2) is 286 Å². The number of para-hydroxylation sites is 2. The lowest BCUT2D eigenvalue weighted by Crippen LogP contribution is -2.63. The molecule has 18 atom stereocenters. The fraction of sp³-hybridized carbons (Fsp3) is 0.505. The summed E-state index contributed by atoms with van der Waals surface area (Å²) in [6.45, 7) is 9.01. The maximum atomic E-state index is 15.1. The number of phenols is 1. The second-order valence-electron chi connectivity index (χ2n) is 33.9. The topological polar surface area (TPSA) is 563 Å². The third-order valence-corrected chi connectivity index (χ3v) is 29.1. The number of allylic oxidation sites excluding steroid dienone is 3. The molecule has 10 rings (SSSR count). The molecule has 43 heteroatoms. The third-order valence-electron chi connectivity index (χ3n) is 23.9. The van der Waals surface area contributed by atoms with E-state index in [0.29, 0.717) is 51.9 Å². The van der Waals surface area contributed by atoms with Crippen molar-refractivity contribution in [1.82, 2.24) is 68.0 Å². The number of aliphatic hydroxyl groups excluding tert-OH is 2. The molecule has 2 aromatic heterocycles. The Bertz CT molecular complexity index is 5240. The van der Waals surface area contributed by atoms with E-state index in [-0.39, 0.29) is 99.0 Å². The standard InChI is InChI=1S/C91H121ClN16O22S4/c1-48-18-17-24-71(127-10)91(125)43-70(128-89(124)106-91)49(2)79-90(6,130-79)72(42-75(114)108(8)68-38-54(36-48)39-69(126-9)76(68)92)129-88(123)50(3)107(7)74(113)30-35-132-131-34-29-73(112)95-32-33-96-86(121)77(51(4)109)104-85(120)67-47-134-133-46-66(102-80(115)60(94)40-55-44-97-61-21-13-11-19-58(55)61)84(119)100-64(37-53-25-27-57(111)28-26-53)82(117)101-65(41-56-45-98-62-22-14-12-20-59(56)62)83(118)99-63(23-15-16-31-93)81(116)105-78(52(5)110)87(122)103-67/h11-14,17-22,24-28,38-39,44-45,49-52,60,63-67,70-72,77-79,97-98,109-111,125H,15-16,23,29-37,40-43,46-47,93-94H2,1-10H3,(H,95,112)(H,96,121)(H,99,118)(H,100,119)(H,101,117)(H,102,115)(H,103,122)(H,104,120)(H,105,116)(H,106,124)/b24-17+,48-18+/t49-,50+,51-,52-,60-,63+,64+,65-,66+,67+,70+,71-,72+,77+,78?,79+,90+,91?/m1/s1. The number of nitrogens with zero attached hydrogens (tertiary/aromatic N) is 2. The van der Waals surface area contributed by atoms with Crippen LogP contribution in [0, 0.1) is 5.92 Å². The summed E-state index contributed by atoms with van der Waals surface area (Å²) in [5.41, 5.74) is 14.3. The number of aromatic hydroxyl groups is 1. The summed E-state index contributed by atoms with van der Waals surface area (Å²) >= 11 is 6.87. The highest BCUT2D eigenvalue weighted by molar-refractivity contribution is 8.77. The zero-order valence-corrected chi connectivity index (χ0v) is 80.2. The highest BCUT2D eigenvalue weighted by Crippen LogP contribution is 2.50. The first-order valence-corrected chi connectivity index (χ1v) is 49.4. The number of hydrogen-bond donors (Lipinski definition) is 18. The number of H-pyrrole nitrogens is 2. The number of nitrogens with two attached hydrogens (primary N) is 2. The number of amides is 12. The van der Waals surface area contributed by atoms with Crippen molar-refractivity contribution in [3.05, 3.63) is 148 Å². The first-order chi connectivity index (χ1) is 63.8. The molecule has 12 amide bonds. The number of epoxide rings is 1. The second kappa shape index (κ2) is 49.2.